The zero-order chi connectivity index (χ0) is 21.5. The number of benzene rings is 2. The second-order valence-corrected chi connectivity index (χ2v) is 8.86. The highest BCUT2D eigenvalue weighted by Crippen LogP contribution is 2.28. The molecule has 0 unspecified atom stereocenters. The van der Waals surface area contributed by atoms with Crippen LogP contribution in [0.15, 0.2) is 53.0 Å². The number of hydrogen-bond donors (Lipinski definition) is 1. The summed E-state index contributed by atoms with van der Waals surface area (Å²) in [5.41, 5.74) is 0.952. The molecule has 0 saturated heterocycles. The van der Waals surface area contributed by atoms with Gasteiger partial charge < -0.3 is 15.0 Å². The van der Waals surface area contributed by atoms with E-state index < -0.39 is 6.04 Å². The predicted octanol–water partition coefficient (Wildman–Crippen LogP) is 4.96. The van der Waals surface area contributed by atoms with Crippen LogP contribution >= 0.6 is 27.5 Å². The molecule has 3 rings (SSSR count). The lowest BCUT2D eigenvalue weighted by Crippen LogP contribution is -2.50. The average Bonchev–Trinajstić information content (AvgIpc) is 3.24. The van der Waals surface area contributed by atoms with Gasteiger partial charge >= 0.3 is 0 Å². The quantitative estimate of drug-likeness (QED) is 0.566. The zero-order valence-electron chi connectivity index (χ0n) is 16.9. The summed E-state index contributed by atoms with van der Waals surface area (Å²) >= 11 is 9.53. The first-order valence-electron chi connectivity index (χ1n) is 10.2. The van der Waals surface area contributed by atoms with Crippen LogP contribution in [0.4, 0.5) is 0 Å². The van der Waals surface area contributed by atoms with Crippen molar-refractivity contribution in [3.63, 3.8) is 0 Å². The maximum absolute atomic E-state index is 13.1. The Morgan fingerprint density at radius 3 is 2.57 bits per heavy atom. The zero-order valence-corrected chi connectivity index (χ0v) is 19.3. The van der Waals surface area contributed by atoms with E-state index in [4.69, 9.17) is 16.3 Å². The van der Waals surface area contributed by atoms with Crippen LogP contribution in [-0.4, -0.2) is 35.4 Å². The van der Waals surface area contributed by atoms with Crippen molar-refractivity contribution in [2.24, 2.45) is 0 Å². The van der Waals surface area contributed by atoms with Gasteiger partial charge in [0.05, 0.1) is 5.02 Å². The van der Waals surface area contributed by atoms with Gasteiger partial charge in [0, 0.05) is 17.1 Å². The molecular formula is C23H26BrClN2O3. The van der Waals surface area contributed by atoms with Crippen molar-refractivity contribution in [1.82, 2.24) is 10.2 Å². The standard InChI is InChI=1S/C23H26BrClN2O3/c1-16(23(29)26-19-9-5-6-10-19)27(14-17-7-3-2-4-8-17)22(28)15-30-21-12-11-18(24)13-20(21)25/h2-4,7-8,11-13,16,19H,5-6,9-10,14-15H2,1H3,(H,26,29)/t16-/m0/s1. The average molecular weight is 494 g/mol. The van der Waals surface area contributed by atoms with Gasteiger partial charge in [-0.05, 0) is 43.5 Å². The second-order valence-electron chi connectivity index (χ2n) is 7.54. The Hall–Kier alpha value is -2.05. The minimum atomic E-state index is -0.609. The van der Waals surface area contributed by atoms with E-state index in [-0.39, 0.29) is 24.5 Å². The number of halogens is 2. The molecule has 2 aromatic rings. The van der Waals surface area contributed by atoms with Gasteiger partial charge in [0.15, 0.2) is 6.61 Å². The van der Waals surface area contributed by atoms with Crippen LogP contribution in [0.3, 0.4) is 0 Å². The largest absolute Gasteiger partial charge is 0.482 e. The van der Waals surface area contributed by atoms with Gasteiger partial charge in [0.1, 0.15) is 11.8 Å². The third kappa shape index (κ3) is 6.22. The van der Waals surface area contributed by atoms with Crippen LogP contribution in [0.1, 0.15) is 38.2 Å². The molecule has 0 bridgehead atoms. The van der Waals surface area contributed by atoms with Crippen LogP contribution < -0.4 is 10.1 Å². The number of amides is 2. The van der Waals surface area contributed by atoms with E-state index >= 15 is 0 Å². The first-order chi connectivity index (χ1) is 14.4. The molecule has 0 spiro atoms. The number of rotatable bonds is 8. The molecule has 5 nitrogen and oxygen atoms in total. The van der Waals surface area contributed by atoms with Crippen molar-refractivity contribution in [3.05, 3.63) is 63.6 Å². The molecule has 1 N–H and O–H groups in total. The van der Waals surface area contributed by atoms with E-state index in [9.17, 15) is 9.59 Å². The minimum absolute atomic E-state index is 0.132. The van der Waals surface area contributed by atoms with Crippen LogP contribution in [-0.2, 0) is 16.1 Å². The molecule has 2 amide bonds. The highest BCUT2D eigenvalue weighted by Gasteiger charge is 2.28. The van der Waals surface area contributed by atoms with Gasteiger partial charge in [0.25, 0.3) is 5.91 Å². The molecule has 1 atom stereocenters. The summed E-state index contributed by atoms with van der Waals surface area (Å²) in [5, 5.41) is 3.50. The Kier molecular flexibility index (Phi) is 8.16. The third-order valence-corrected chi connectivity index (χ3v) is 6.10. The Bertz CT molecular complexity index is 872. The summed E-state index contributed by atoms with van der Waals surface area (Å²) in [6, 6.07) is 14.4. The van der Waals surface area contributed by atoms with Gasteiger partial charge in [-0.3, -0.25) is 9.59 Å². The lowest BCUT2D eigenvalue weighted by molar-refractivity contribution is -0.142. The normalized spacial score (nSPS) is 14.9. The summed E-state index contributed by atoms with van der Waals surface area (Å²) in [6.07, 6.45) is 4.26. The maximum Gasteiger partial charge on any atom is 0.261 e. The highest BCUT2D eigenvalue weighted by atomic mass is 79.9. The summed E-state index contributed by atoms with van der Waals surface area (Å²) in [5.74, 6) is 0.0238. The topological polar surface area (TPSA) is 58.6 Å². The van der Waals surface area contributed by atoms with Crippen LogP contribution in [0.25, 0.3) is 0 Å². The number of carbonyl (C=O) groups is 2. The fraction of sp³-hybridized carbons (Fsp3) is 0.391. The molecule has 1 aliphatic carbocycles. The van der Waals surface area contributed by atoms with Crippen molar-refractivity contribution in [2.75, 3.05) is 6.61 Å². The Labute approximate surface area is 190 Å². The highest BCUT2D eigenvalue weighted by molar-refractivity contribution is 9.10. The molecule has 2 aromatic carbocycles. The van der Waals surface area contributed by atoms with Gasteiger partial charge in [0.2, 0.25) is 5.91 Å². The van der Waals surface area contributed by atoms with Crippen molar-refractivity contribution >= 4 is 39.3 Å². The lowest BCUT2D eigenvalue weighted by Gasteiger charge is -2.29. The number of hydrogen-bond acceptors (Lipinski definition) is 3. The molecule has 0 aromatic heterocycles. The first kappa shape index (κ1) is 22.6. The summed E-state index contributed by atoms with van der Waals surface area (Å²) in [4.78, 5) is 27.4. The van der Waals surface area contributed by atoms with E-state index in [0.29, 0.717) is 17.3 Å². The Balaban J connectivity index is 1.70. The number of ether oxygens (including phenoxy) is 1. The van der Waals surface area contributed by atoms with Gasteiger partial charge in [-0.25, -0.2) is 0 Å². The molecule has 30 heavy (non-hydrogen) atoms. The van der Waals surface area contributed by atoms with Crippen molar-refractivity contribution in [1.29, 1.82) is 0 Å². The number of carbonyl (C=O) groups excluding carboxylic acids is 2. The molecule has 0 heterocycles. The summed E-state index contributed by atoms with van der Waals surface area (Å²) < 4.78 is 6.49. The fourth-order valence-corrected chi connectivity index (χ4v) is 4.30. The van der Waals surface area contributed by atoms with Gasteiger partial charge in [-0.15, -0.1) is 0 Å². The van der Waals surface area contributed by atoms with Gasteiger partial charge in [-0.2, -0.15) is 0 Å². The molecule has 0 aliphatic heterocycles. The molecule has 160 valence electrons. The van der Waals surface area contributed by atoms with Gasteiger partial charge in [-0.1, -0.05) is 70.7 Å². The maximum atomic E-state index is 13.1. The van der Waals surface area contributed by atoms with Crippen molar-refractivity contribution in [3.8, 4) is 5.75 Å². The smallest absolute Gasteiger partial charge is 0.261 e. The monoisotopic (exact) mass is 492 g/mol. The van der Waals surface area contributed by atoms with Crippen LogP contribution in [0, 0.1) is 0 Å². The Morgan fingerprint density at radius 2 is 1.90 bits per heavy atom. The second kappa shape index (κ2) is 10.8. The summed E-state index contributed by atoms with van der Waals surface area (Å²) in [7, 11) is 0. The molecule has 1 fully saturated rings. The fourth-order valence-electron chi connectivity index (χ4n) is 3.57. The molecule has 0 radical (unpaired) electrons. The number of nitrogens with zero attached hydrogens (tertiary/aromatic N) is 1. The molecule has 1 saturated carbocycles. The van der Waals surface area contributed by atoms with E-state index in [1.54, 1.807) is 30.0 Å². The van der Waals surface area contributed by atoms with Crippen molar-refractivity contribution in [2.45, 2.75) is 51.2 Å². The predicted molar refractivity (Wildman–Crippen MR) is 121 cm³/mol. The third-order valence-electron chi connectivity index (χ3n) is 5.31. The van der Waals surface area contributed by atoms with E-state index in [0.717, 1.165) is 35.7 Å². The van der Waals surface area contributed by atoms with E-state index in [2.05, 4.69) is 21.2 Å². The molecular weight excluding hydrogens is 468 g/mol. The molecule has 7 heteroatoms. The number of nitrogens with one attached hydrogen (secondary N) is 1. The SMILES string of the molecule is C[C@@H](C(=O)NC1CCCC1)N(Cc1ccccc1)C(=O)COc1ccc(Br)cc1Cl. The lowest BCUT2D eigenvalue weighted by atomic mass is 10.1. The first-order valence-corrected chi connectivity index (χ1v) is 11.3. The molecule has 1 aliphatic rings. The minimum Gasteiger partial charge on any atom is -0.482 e. The summed E-state index contributed by atoms with van der Waals surface area (Å²) in [6.45, 7) is 1.89. The van der Waals surface area contributed by atoms with Crippen molar-refractivity contribution < 1.29 is 14.3 Å². The van der Waals surface area contributed by atoms with Crippen LogP contribution in [0.2, 0.25) is 5.02 Å². The van der Waals surface area contributed by atoms with E-state index in [1.807, 2.05) is 30.3 Å². The van der Waals surface area contributed by atoms with E-state index in [1.165, 1.54) is 0 Å². The van der Waals surface area contributed by atoms with Crippen LogP contribution in [0.5, 0.6) is 5.75 Å². The Morgan fingerprint density at radius 1 is 1.20 bits per heavy atom.